The molecule has 0 bridgehead atoms. The van der Waals surface area contributed by atoms with Crippen LogP contribution in [0.15, 0.2) is 18.3 Å². The predicted octanol–water partition coefficient (Wildman–Crippen LogP) is 3.27. The number of carbonyl (C=O) groups is 1. The highest BCUT2D eigenvalue weighted by molar-refractivity contribution is 7.15. The second kappa shape index (κ2) is 5.91. The molecular weight excluding hydrogens is 326 g/mol. The topological polar surface area (TPSA) is 36.4 Å². The first-order valence-electron chi connectivity index (χ1n) is 8.14. The number of thiazole rings is 1. The number of thiophene rings is 1. The Bertz CT molecular complexity index is 715. The van der Waals surface area contributed by atoms with Crippen LogP contribution in [-0.4, -0.2) is 42.0 Å². The normalized spacial score (nSPS) is 24.1. The standard InChI is InChI=1S/C17H21N3OS2/c1-11-3-4-15(22-11)13-9-14(13)16(21)19-5-7-20(8-6-19)17-18-10-12(2)23-17/h3-4,10,13-14H,5-9H2,1-2H3/t13-,14-/m1/s1. The highest BCUT2D eigenvalue weighted by atomic mass is 32.1. The van der Waals surface area contributed by atoms with Crippen LogP contribution in [0.25, 0.3) is 0 Å². The molecule has 6 heteroatoms. The number of rotatable bonds is 3. The first-order chi connectivity index (χ1) is 11.1. The van der Waals surface area contributed by atoms with Gasteiger partial charge < -0.3 is 9.80 Å². The summed E-state index contributed by atoms with van der Waals surface area (Å²) >= 11 is 3.58. The monoisotopic (exact) mass is 347 g/mol. The highest BCUT2D eigenvalue weighted by Crippen LogP contribution is 2.50. The van der Waals surface area contributed by atoms with Crippen LogP contribution in [0.5, 0.6) is 0 Å². The number of amides is 1. The minimum absolute atomic E-state index is 0.224. The van der Waals surface area contributed by atoms with Gasteiger partial charge >= 0.3 is 0 Å². The van der Waals surface area contributed by atoms with Gasteiger partial charge in [0.05, 0.1) is 0 Å². The maximum atomic E-state index is 12.7. The van der Waals surface area contributed by atoms with Crippen LogP contribution in [0.2, 0.25) is 0 Å². The van der Waals surface area contributed by atoms with Gasteiger partial charge in [-0.2, -0.15) is 0 Å². The Morgan fingerprint density at radius 1 is 1.13 bits per heavy atom. The number of carbonyl (C=O) groups excluding carboxylic acids is 1. The lowest BCUT2D eigenvalue weighted by molar-refractivity contribution is -0.132. The molecule has 2 aliphatic rings. The van der Waals surface area contributed by atoms with E-state index in [1.807, 2.05) is 17.5 Å². The SMILES string of the molecule is Cc1ccc([C@@H]2C[C@H]2C(=O)N2CCN(c3ncc(C)s3)CC2)s1. The molecule has 0 N–H and O–H groups in total. The Morgan fingerprint density at radius 3 is 2.52 bits per heavy atom. The Kier molecular flexibility index (Phi) is 3.89. The van der Waals surface area contributed by atoms with Gasteiger partial charge in [0.1, 0.15) is 0 Å². The molecule has 0 unspecified atom stereocenters. The molecule has 2 aromatic rings. The maximum Gasteiger partial charge on any atom is 0.226 e. The number of nitrogens with zero attached hydrogens (tertiary/aromatic N) is 3. The van der Waals surface area contributed by atoms with Crippen LogP contribution in [0, 0.1) is 19.8 Å². The number of hydrogen-bond acceptors (Lipinski definition) is 5. The summed E-state index contributed by atoms with van der Waals surface area (Å²) in [5, 5.41) is 1.09. The molecule has 2 aromatic heterocycles. The summed E-state index contributed by atoms with van der Waals surface area (Å²) in [5.41, 5.74) is 0. The third kappa shape index (κ3) is 3.02. The summed E-state index contributed by atoms with van der Waals surface area (Å²) in [6.07, 6.45) is 2.96. The first-order valence-corrected chi connectivity index (χ1v) is 9.77. The molecule has 3 heterocycles. The van der Waals surface area contributed by atoms with E-state index in [1.165, 1.54) is 14.6 Å². The minimum atomic E-state index is 0.224. The van der Waals surface area contributed by atoms with Crippen LogP contribution in [-0.2, 0) is 4.79 Å². The molecule has 0 aromatic carbocycles. The van der Waals surface area contributed by atoms with Crippen molar-refractivity contribution >= 4 is 33.7 Å². The Hall–Kier alpha value is -1.40. The molecule has 0 radical (unpaired) electrons. The van der Waals surface area contributed by atoms with Crippen LogP contribution in [0.1, 0.15) is 27.0 Å². The minimum Gasteiger partial charge on any atom is -0.345 e. The fourth-order valence-electron chi connectivity index (χ4n) is 3.28. The number of aryl methyl sites for hydroxylation is 2. The number of anilines is 1. The van der Waals surface area contributed by atoms with E-state index in [2.05, 4.69) is 40.8 Å². The molecule has 1 saturated heterocycles. The van der Waals surface area contributed by atoms with E-state index in [9.17, 15) is 4.79 Å². The fourth-order valence-corrected chi connectivity index (χ4v) is 5.14. The summed E-state index contributed by atoms with van der Waals surface area (Å²) in [6.45, 7) is 7.66. The average molecular weight is 348 g/mol. The van der Waals surface area contributed by atoms with E-state index in [0.717, 1.165) is 37.7 Å². The Balaban J connectivity index is 1.33. The van der Waals surface area contributed by atoms with Crippen molar-refractivity contribution in [3.8, 4) is 0 Å². The van der Waals surface area contributed by atoms with Gasteiger partial charge in [-0.15, -0.1) is 22.7 Å². The molecule has 1 amide bonds. The van der Waals surface area contributed by atoms with Crippen molar-refractivity contribution in [2.45, 2.75) is 26.2 Å². The third-order valence-corrected chi connectivity index (χ3v) is 6.81. The largest absolute Gasteiger partial charge is 0.345 e. The lowest BCUT2D eigenvalue weighted by atomic mass is 10.2. The van der Waals surface area contributed by atoms with Gasteiger partial charge in [-0.25, -0.2) is 4.98 Å². The van der Waals surface area contributed by atoms with Crippen LogP contribution >= 0.6 is 22.7 Å². The zero-order chi connectivity index (χ0) is 16.0. The molecule has 2 atom stereocenters. The number of aromatic nitrogens is 1. The van der Waals surface area contributed by atoms with Gasteiger partial charge in [0.25, 0.3) is 0 Å². The summed E-state index contributed by atoms with van der Waals surface area (Å²) in [5.74, 6) is 1.05. The zero-order valence-electron chi connectivity index (χ0n) is 13.5. The lowest BCUT2D eigenvalue weighted by Gasteiger charge is -2.34. The van der Waals surface area contributed by atoms with E-state index in [1.54, 1.807) is 11.3 Å². The fraction of sp³-hybridized carbons (Fsp3) is 0.529. The van der Waals surface area contributed by atoms with Crippen LogP contribution in [0.4, 0.5) is 5.13 Å². The van der Waals surface area contributed by atoms with E-state index in [0.29, 0.717) is 11.8 Å². The third-order valence-electron chi connectivity index (χ3n) is 4.71. The van der Waals surface area contributed by atoms with Crippen molar-refractivity contribution in [2.24, 2.45) is 5.92 Å². The second-order valence-corrected chi connectivity index (χ2v) is 9.00. The quantitative estimate of drug-likeness (QED) is 0.855. The van der Waals surface area contributed by atoms with E-state index < -0.39 is 0 Å². The Labute approximate surface area is 144 Å². The average Bonchev–Trinajstić information content (AvgIpc) is 3.05. The van der Waals surface area contributed by atoms with Gasteiger partial charge in [-0.05, 0) is 32.4 Å². The van der Waals surface area contributed by atoms with Crippen molar-refractivity contribution in [1.82, 2.24) is 9.88 Å². The second-order valence-electron chi connectivity index (χ2n) is 6.46. The summed E-state index contributed by atoms with van der Waals surface area (Å²) in [7, 11) is 0. The lowest BCUT2D eigenvalue weighted by Crippen LogP contribution is -2.49. The molecule has 1 aliphatic heterocycles. The molecule has 0 spiro atoms. The van der Waals surface area contributed by atoms with Crippen LogP contribution in [0.3, 0.4) is 0 Å². The summed E-state index contributed by atoms with van der Waals surface area (Å²) in [4.78, 5) is 25.5. The summed E-state index contributed by atoms with van der Waals surface area (Å²) < 4.78 is 0. The molecule has 2 fully saturated rings. The van der Waals surface area contributed by atoms with Crippen molar-refractivity contribution in [3.63, 3.8) is 0 Å². The molecular formula is C17H21N3OS2. The van der Waals surface area contributed by atoms with E-state index >= 15 is 0 Å². The number of hydrogen-bond donors (Lipinski definition) is 0. The molecule has 1 saturated carbocycles. The van der Waals surface area contributed by atoms with Crippen molar-refractivity contribution in [3.05, 3.63) is 33.0 Å². The van der Waals surface area contributed by atoms with Crippen LogP contribution < -0.4 is 4.90 Å². The summed E-state index contributed by atoms with van der Waals surface area (Å²) in [6, 6.07) is 4.36. The van der Waals surface area contributed by atoms with Crippen molar-refractivity contribution in [1.29, 1.82) is 0 Å². The molecule has 23 heavy (non-hydrogen) atoms. The zero-order valence-corrected chi connectivity index (χ0v) is 15.1. The van der Waals surface area contributed by atoms with Gasteiger partial charge in [0.2, 0.25) is 5.91 Å². The van der Waals surface area contributed by atoms with E-state index in [4.69, 9.17) is 0 Å². The molecule has 4 rings (SSSR count). The first kappa shape index (κ1) is 15.1. The van der Waals surface area contributed by atoms with Gasteiger partial charge in [0.15, 0.2) is 5.13 Å². The highest BCUT2D eigenvalue weighted by Gasteiger charge is 2.46. The maximum absolute atomic E-state index is 12.7. The van der Waals surface area contributed by atoms with Crippen molar-refractivity contribution in [2.75, 3.05) is 31.1 Å². The van der Waals surface area contributed by atoms with Gasteiger partial charge in [0, 0.05) is 58.8 Å². The predicted molar refractivity (Wildman–Crippen MR) is 95.5 cm³/mol. The molecule has 1 aliphatic carbocycles. The smallest absolute Gasteiger partial charge is 0.226 e. The molecule has 122 valence electrons. The molecule has 4 nitrogen and oxygen atoms in total. The Morgan fingerprint density at radius 2 is 1.91 bits per heavy atom. The van der Waals surface area contributed by atoms with Crippen molar-refractivity contribution < 1.29 is 4.79 Å². The van der Waals surface area contributed by atoms with Gasteiger partial charge in [-0.3, -0.25) is 4.79 Å². The van der Waals surface area contributed by atoms with E-state index in [-0.39, 0.29) is 5.92 Å². The van der Waals surface area contributed by atoms with Gasteiger partial charge in [-0.1, -0.05) is 0 Å². The number of piperazine rings is 1.